The predicted molar refractivity (Wildman–Crippen MR) is 205 cm³/mol. The Morgan fingerprint density at radius 3 is 1.63 bits per heavy atom. The second kappa shape index (κ2) is 11.0. The van der Waals surface area contributed by atoms with E-state index in [0.29, 0.717) is 5.82 Å². The lowest BCUT2D eigenvalue weighted by atomic mass is 9.93. The van der Waals surface area contributed by atoms with E-state index in [1.54, 1.807) is 0 Å². The van der Waals surface area contributed by atoms with Crippen molar-refractivity contribution in [3.8, 4) is 39.6 Å². The highest BCUT2D eigenvalue weighted by Crippen LogP contribution is 2.44. The van der Waals surface area contributed by atoms with Gasteiger partial charge in [-0.2, -0.15) is 0 Å². The molecule has 0 unspecified atom stereocenters. The van der Waals surface area contributed by atoms with Crippen molar-refractivity contribution in [2.24, 2.45) is 0 Å². The summed E-state index contributed by atoms with van der Waals surface area (Å²) < 4.78 is 2.45. The molecule has 2 aromatic heterocycles. The molecule has 0 saturated heterocycles. The van der Waals surface area contributed by atoms with E-state index in [1.165, 1.54) is 54.1 Å². The first-order valence-electron chi connectivity index (χ1n) is 16.7. The number of para-hydroxylation sites is 1. The Labute approximate surface area is 283 Å². The van der Waals surface area contributed by atoms with Gasteiger partial charge in [0.2, 0.25) is 0 Å². The monoisotopic (exact) mass is 623 g/mol. The molecule has 0 amide bonds. The minimum absolute atomic E-state index is 0.717. The van der Waals surface area contributed by atoms with Crippen LogP contribution < -0.4 is 0 Å². The molecule has 49 heavy (non-hydrogen) atoms. The number of nitrogens with zero attached hydrogens (tertiary/aromatic N) is 3. The van der Waals surface area contributed by atoms with Crippen molar-refractivity contribution in [2.45, 2.75) is 0 Å². The number of aromatic nitrogens is 3. The van der Waals surface area contributed by atoms with Gasteiger partial charge in [-0.05, 0) is 51.2 Å². The van der Waals surface area contributed by atoms with Crippen LogP contribution in [0.3, 0.4) is 0 Å². The van der Waals surface area contributed by atoms with Gasteiger partial charge in [-0.25, -0.2) is 9.97 Å². The lowest BCUT2D eigenvalue weighted by Gasteiger charge is -2.14. The van der Waals surface area contributed by atoms with Crippen molar-refractivity contribution in [1.29, 1.82) is 0 Å². The topological polar surface area (TPSA) is 30.7 Å². The molecule has 0 spiro atoms. The second-order valence-electron chi connectivity index (χ2n) is 12.6. The zero-order valence-electron chi connectivity index (χ0n) is 26.6. The molecule has 0 bridgehead atoms. The Morgan fingerprint density at radius 2 is 0.918 bits per heavy atom. The summed E-state index contributed by atoms with van der Waals surface area (Å²) in [5.74, 6) is 0.717. The third kappa shape index (κ3) is 4.37. The van der Waals surface area contributed by atoms with E-state index in [2.05, 4.69) is 156 Å². The number of fused-ring (bicyclic) bond motifs is 10. The molecule has 3 heteroatoms. The Bertz CT molecular complexity index is 2790. The maximum Gasteiger partial charge on any atom is 0.160 e. The largest absolute Gasteiger partial charge is 0.309 e. The average Bonchev–Trinajstić information content (AvgIpc) is 3.54. The maximum atomic E-state index is 5.08. The summed E-state index contributed by atoms with van der Waals surface area (Å²) in [4.78, 5) is 10.1. The van der Waals surface area contributed by atoms with E-state index in [0.717, 1.165) is 33.8 Å². The molecule has 0 aliphatic rings. The summed E-state index contributed by atoms with van der Waals surface area (Å²) >= 11 is 0. The molecule has 0 aliphatic heterocycles. The Balaban J connectivity index is 1.22. The Hall–Kier alpha value is -6.58. The van der Waals surface area contributed by atoms with Crippen LogP contribution in [0.2, 0.25) is 0 Å². The van der Waals surface area contributed by atoms with E-state index < -0.39 is 0 Å². The molecule has 0 radical (unpaired) electrons. The van der Waals surface area contributed by atoms with Crippen molar-refractivity contribution in [3.63, 3.8) is 0 Å². The molecule has 3 nitrogen and oxygen atoms in total. The van der Waals surface area contributed by atoms with Gasteiger partial charge in [-0.1, -0.05) is 152 Å². The highest BCUT2D eigenvalue weighted by atomic mass is 15.0. The van der Waals surface area contributed by atoms with Crippen LogP contribution in [-0.2, 0) is 0 Å². The van der Waals surface area contributed by atoms with Crippen molar-refractivity contribution < 1.29 is 0 Å². The molecule has 2 heterocycles. The molecule has 0 fully saturated rings. The summed E-state index contributed by atoms with van der Waals surface area (Å²) in [6, 6.07) is 62.5. The van der Waals surface area contributed by atoms with Crippen LogP contribution in [0.25, 0.3) is 93.7 Å². The summed E-state index contributed by atoms with van der Waals surface area (Å²) in [6.07, 6.45) is 0. The SMILES string of the molecule is c1ccc(-c2cc(-c3ccc(-n4c5ccccc5c5c6ccccc6c6c7ccccc7ccc6c54)cc3)nc(-c3ccccc3)n2)cc1. The van der Waals surface area contributed by atoms with Crippen LogP contribution in [0.5, 0.6) is 0 Å². The summed E-state index contributed by atoms with van der Waals surface area (Å²) in [7, 11) is 0. The highest BCUT2D eigenvalue weighted by Gasteiger charge is 2.20. The van der Waals surface area contributed by atoms with E-state index in [9.17, 15) is 0 Å². The number of hydrogen-bond donors (Lipinski definition) is 0. The van der Waals surface area contributed by atoms with E-state index in [-0.39, 0.29) is 0 Å². The van der Waals surface area contributed by atoms with E-state index in [1.807, 2.05) is 24.3 Å². The molecule has 0 atom stereocenters. The van der Waals surface area contributed by atoms with Gasteiger partial charge >= 0.3 is 0 Å². The van der Waals surface area contributed by atoms with Gasteiger partial charge in [0.15, 0.2) is 5.82 Å². The molecule has 0 N–H and O–H groups in total. The predicted octanol–water partition coefficient (Wildman–Crippen LogP) is 12.0. The van der Waals surface area contributed by atoms with Gasteiger partial charge in [0.1, 0.15) is 0 Å². The van der Waals surface area contributed by atoms with Crippen LogP contribution in [0, 0.1) is 0 Å². The quantitative estimate of drug-likeness (QED) is 0.183. The summed E-state index contributed by atoms with van der Waals surface area (Å²) in [5, 5.41) is 10.2. The first kappa shape index (κ1) is 27.5. The third-order valence-electron chi connectivity index (χ3n) is 9.77. The van der Waals surface area contributed by atoms with Gasteiger partial charge in [0.05, 0.1) is 22.4 Å². The lowest BCUT2D eigenvalue weighted by molar-refractivity contribution is 1.17. The van der Waals surface area contributed by atoms with Crippen molar-refractivity contribution in [1.82, 2.24) is 14.5 Å². The van der Waals surface area contributed by atoms with Crippen molar-refractivity contribution >= 4 is 54.1 Å². The minimum Gasteiger partial charge on any atom is -0.309 e. The van der Waals surface area contributed by atoms with Crippen LogP contribution in [0.4, 0.5) is 0 Å². The van der Waals surface area contributed by atoms with Crippen molar-refractivity contribution in [3.05, 3.63) is 176 Å². The lowest BCUT2D eigenvalue weighted by Crippen LogP contribution is -1.97. The van der Waals surface area contributed by atoms with Gasteiger partial charge in [-0.3, -0.25) is 0 Å². The van der Waals surface area contributed by atoms with Gasteiger partial charge in [0, 0.05) is 38.5 Å². The Kier molecular flexibility index (Phi) is 6.18. The fourth-order valence-corrected chi connectivity index (χ4v) is 7.56. The van der Waals surface area contributed by atoms with E-state index in [4.69, 9.17) is 9.97 Å². The molecule has 8 aromatic carbocycles. The van der Waals surface area contributed by atoms with Gasteiger partial charge in [-0.15, -0.1) is 0 Å². The second-order valence-corrected chi connectivity index (χ2v) is 12.6. The first-order chi connectivity index (χ1) is 24.3. The zero-order valence-corrected chi connectivity index (χ0v) is 26.6. The van der Waals surface area contributed by atoms with Crippen LogP contribution in [0.15, 0.2) is 176 Å². The average molecular weight is 624 g/mol. The third-order valence-corrected chi connectivity index (χ3v) is 9.77. The van der Waals surface area contributed by atoms with Gasteiger partial charge in [0.25, 0.3) is 0 Å². The maximum absolute atomic E-state index is 5.08. The normalized spacial score (nSPS) is 11.7. The van der Waals surface area contributed by atoms with E-state index >= 15 is 0 Å². The van der Waals surface area contributed by atoms with Crippen LogP contribution >= 0.6 is 0 Å². The Morgan fingerprint density at radius 1 is 0.367 bits per heavy atom. The summed E-state index contributed by atoms with van der Waals surface area (Å²) in [6.45, 7) is 0. The van der Waals surface area contributed by atoms with Crippen molar-refractivity contribution in [2.75, 3.05) is 0 Å². The molecule has 0 aliphatic carbocycles. The molecule has 10 aromatic rings. The number of hydrogen-bond acceptors (Lipinski definition) is 2. The van der Waals surface area contributed by atoms with Crippen LogP contribution in [-0.4, -0.2) is 14.5 Å². The smallest absolute Gasteiger partial charge is 0.160 e. The standard InChI is InChI=1S/C46H29N3/c1-3-14-31(15-4-1)40-29-41(48-46(47-40)33-16-5-2-6-17-33)32-23-26-34(27-24-32)49-42-22-12-11-21-38(42)44-37-20-10-9-19-36(37)43-35-18-8-7-13-30(35)25-28-39(43)45(44)49/h1-29H. The van der Waals surface area contributed by atoms with Crippen LogP contribution in [0.1, 0.15) is 0 Å². The number of rotatable bonds is 4. The highest BCUT2D eigenvalue weighted by molar-refractivity contribution is 6.35. The zero-order chi connectivity index (χ0) is 32.3. The fraction of sp³-hybridized carbons (Fsp3) is 0. The molecule has 0 saturated carbocycles. The van der Waals surface area contributed by atoms with Gasteiger partial charge < -0.3 is 4.57 Å². The number of benzene rings is 8. The molecular formula is C46H29N3. The first-order valence-corrected chi connectivity index (χ1v) is 16.7. The minimum atomic E-state index is 0.717. The molecule has 10 rings (SSSR count). The summed E-state index contributed by atoms with van der Waals surface area (Å²) in [5.41, 5.74) is 8.43. The molecular weight excluding hydrogens is 595 g/mol. The molecule has 228 valence electrons. The fourth-order valence-electron chi connectivity index (χ4n) is 7.56.